The van der Waals surface area contributed by atoms with E-state index in [0.29, 0.717) is 13.0 Å². The average Bonchev–Trinajstić information content (AvgIpc) is 2.78. The number of carbonyl (C=O) groups is 1. The summed E-state index contributed by atoms with van der Waals surface area (Å²) >= 11 is 3.47. The molecule has 4 heteroatoms. The molecule has 0 saturated carbocycles. The summed E-state index contributed by atoms with van der Waals surface area (Å²) in [5.74, 6) is -0.955. The highest BCUT2D eigenvalue weighted by atomic mass is 79.9. The molecule has 1 heterocycles. The normalized spacial score (nSPS) is 23.9. The molecule has 0 spiro atoms. The van der Waals surface area contributed by atoms with Crippen LogP contribution in [0.2, 0.25) is 0 Å². The number of aryl methyl sites for hydroxylation is 1. The Morgan fingerprint density at radius 3 is 2.94 bits per heavy atom. The van der Waals surface area contributed by atoms with Crippen LogP contribution in [0.25, 0.3) is 0 Å². The van der Waals surface area contributed by atoms with Gasteiger partial charge in [-0.05, 0) is 36.1 Å². The molecule has 1 aliphatic rings. The maximum absolute atomic E-state index is 10.9. The molecule has 1 aromatic carbocycles. The van der Waals surface area contributed by atoms with E-state index < -0.39 is 5.97 Å². The number of carboxylic acid groups (broad SMARTS) is 1. The summed E-state index contributed by atoms with van der Waals surface area (Å²) in [6, 6.07) is 6.40. The summed E-state index contributed by atoms with van der Waals surface area (Å²) in [6.07, 6.45) is 1.65. The van der Waals surface area contributed by atoms with Crippen molar-refractivity contribution in [1.29, 1.82) is 0 Å². The number of rotatable bonds is 3. The third-order valence-corrected chi connectivity index (χ3v) is 3.83. The molecular weight excluding hydrogens is 282 g/mol. The lowest BCUT2D eigenvalue weighted by atomic mass is 9.95. The van der Waals surface area contributed by atoms with Crippen LogP contribution in [0.3, 0.4) is 0 Å². The zero-order valence-electron chi connectivity index (χ0n) is 9.74. The number of hydrogen-bond donors (Lipinski definition) is 2. The maximum atomic E-state index is 10.9. The van der Waals surface area contributed by atoms with Gasteiger partial charge in [-0.15, -0.1) is 0 Å². The van der Waals surface area contributed by atoms with Gasteiger partial charge in [0.15, 0.2) is 0 Å². The van der Waals surface area contributed by atoms with Crippen molar-refractivity contribution in [1.82, 2.24) is 5.32 Å². The first-order chi connectivity index (χ1) is 8.11. The van der Waals surface area contributed by atoms with Crippen LogP contribution in [0, 0.1) is 5.92 Å². The van der Waals surface area contributed by atoms with Crippen LogP contribution in [0.5, 0.6) is 0 Å². The van der Waals surface area contributed by atoms with Crippen LogP contribution in [0.1, 0.15) is 30.5 Å². The predicted molar refractivity (Wildman–Crippen MR) is 70.0 cm³/mol. The van der Waals surface area contributed by atoms with Gasteiger partial charge >= 0.3 is 5.97 Å². The lowest BCUT2D eigenvalue weighted by molar-refractivity contribution is -0.141. The van der Waals surface area contributed by atoms with Crippen LogP contribution >= 0.6 is 15.9 Å². The highest BCUT2D eigenvalue weighted by Crippen LogP contribution is 2.31. The number of nitrogens with one attached hydrogen (secondary N) is 1. The highest BCUT2D eigenvalue weighted by molar-refractivity contribution is 9.10. The fourth-order valence-corrected chi connectivity index (χ4v) is 2.79. The highest BCUT2D eigenvalue weighted by Gasteiger charge is 2.30. The standard InChI is InChI=1S/C13H16BrNO2/c1-2-8-5-10(14)3-4-11(8)12-6-9(7-15-12)13(16)17/h3-5,9,12,15H,2,6-7H2,1H3,(H,16,17). The minimum Gasteiger partial charge on any atom is -0.481 e. The van der Waals surface area contributed by atoms with Crippen molar-refractivity contribution in [3.05, 3.63) is 33.8 Å². The molecule has 0 aliphatic carbocycles. The van der Waals surface area contributed by atoms with Gasteiger partial charge in [0.05, 0.1) is 5.92 Å². The van der Waals surface area contributed by atoms with E-state index in [1.807, 2.05) is 6.07 Å². The van der Waals surface area contributed by atoms with E-state index >= 15 is 0 Å². The van der Waals surface area contributed by atoms with Gasteiger partial charge in [-0.2, -0.15) is 0 Å². The molecule has 1 saturated heterocycles. The van der Waals surface area contributed by atoms with Crippen molar-refractivity contribution in [3.63, 3.8) is 0 Å². The summed E-state index contributed by atoms with van der Waals surface area (Å²) in [7, 11) is 0. The van der Waals surface area contributed by atoms with E-state index in [0.717, 1.165) is 10.9 Å². The van der Waals surface area contributed by atoms with Crippen LogP contribution in [-0.2, 0) is 11.2 Å². The molecule has 2 atom stereocenters. The number of aliphatic carboxylic acids is 1. The Bertz CT molecular complexity index is 433. The van der Waals surface area contributed by atoms with E-state index in [4.69, 9.17) is 5.11 Å². The lowest BCUT2D eigenvalue weighted by Gasteiger charge is -2.15. The Kier molecular flexibility index (Phi) is 3.84. The molecule has 92 valence electrons. The van der Waals surface area contributed by atoms with E-state index in [2.05, 4.69) is 40.3 Å². The van der Waals surface area contributed by atoms with Crippen molar-refractivity contribution in [2.24, 2.45) is 5.92 Å². The van der Waals surface area contributed by atoms with E-state index in [9.17, 15) is 4.79 Å². The first-order valence-corrected chi connectivity index (χ1v) is 6.65. The zero-order chi connectivity index (χ0) is 12.4. The topological polar surface area (TPSA) is 49.3 Å². The predicted octanol–water partition coefficient (Wildman–Crippen LogP) is 2.75. The second-order valence-electron chi connectivity index (χ2n) is 4.43. The van der Waals surface area contributed by atoms with Gasteiger partial charge in [-0.1, -0.05) is 28.9 Å². The zero-order valence-corrected chi connectivity index (χ0v) is 11.3. The average molecular weight is 298 g/mol. The third kappa shape index (κ3) is 2.69. The fraction of sp³-hybridized carbons (Fsp3) is 0.462. The van der Waals surface area contributed by atoms with Crippen molar-refractivity contribution >= 4 is 21.9 Å². The summed E-state index contributed by atoms with van der Waals surface area (Å²) < 4.78 is 1.07. The van der Waals surface area contributed by atoms with Crippen LogP contribution in [-0.4, -0.2) is 17.6 Å². The molecule has 2 unspecified atom stereocenters. The van der Waals surface area contributed by atoms with Crippen LogP contribution in [0.15, 0.2) is 22.7 Å². The molecular formula is C13H16BrNO2. The van der Waals surface area contributed by atoms with Crippen molar-refractivity contribution in [2.75, 3.05) is 6.54 Å². The number of carboxylic acids is 1. The van der Waals surface area contributed by atoms with Crippen molar-refractivity contribution < 1.29 is 9.90 Å². The monoisotopic (exact) mass is 297 g/mol. The van der Waals surface area contributed by atoms with Crippen molar-refractivity contribution in [3.8, 4) is 0 Å². The summed E-state index contributed by atoms with van der Waals surface area (Å²) in [5, 5.41) is 12.3. The Balaban J connectivity index is 2.21. The summed E-state index contributed by atoms with van der Waals surface area (Å²) in [6.45, 7) is 2.69. The molecule has 2 rings (SSSR count). The second-order valence-corrected chi connectivity index (χ2v) is 5.34. The Labute approximate surface area is 109 Å². The molecule has 17 heavy (non-hydrogen) atoms. The molecule has 1 aliphatic heterocycles. The molecule has 1 fully saturated rings. The largest absolute Gasteiger partial charge is 0.481 e. The minimum atomic E-state index is -0.699. The third-order valence-electron chi connectivity index (χ3n) is 3.34. The fourth-order valence-electron chi connectivity index (χ4n) is 2.38. The van der Waals surface area contributed by atoms with Gasteiger partial charge in [0, 0.05) is 17.1 Å². The molecule has 3 nitrogen and oxygen atoms in total. The van der Waals surface area contributed by atoms with E-state index in [-0.39, 0.29) is 12.0 Å². The number of benzene rings is 1. The quantitative estimate of drug-likeness (QED) is 0.902. The minimum absolute atomic E-state index is 0.180. The van der Waals surface area contributed by atoms with Gasteiger partial charge in [0.2, 0.25) is 0 Å². The lowest BCUT2D eigenvalue weighted by Crippen LogP contribution is -2.17. The van der Waals surface area contributed by atoms with Gasteiger partial charge in [-0.3, -0.25) is 4.79 Å². The van der Waals surface area contributed by atoms with Gasteiger partial charge in [0.25, 0.3) is 0 Å². The summed E-state index contributed by atoms with van der Waals surface area (Å²) in [5.41, 5.74) is 2.52. The first kappa shape index (κ1) is 12.6. The SMILES string of the molecule is CCc1cc(Br)ccc1C1CC(C(=O)O)CN1. The Morgan fingerprint density at radius 2 is 2.35 bits per heavy atom. The van der Waals surface area contributed by atoms with E-state index in [1.54, 1.807) is 0 Å². The molecule has 2 N–H and O–H groups in total. The molecule has 0 aromatic heterocycles. The molecule has 1 aromatic rings. The summed E-state index contributed by atoms with van der Waals surface area (Å²) in [4.78, 5) is 10.9. The second kappa shape index (κ2) is 5.19. The van der Waals surface area contributed by atoms with E-state index in [1.165, 1.54) is 11.1 Å². The van der Waals surface area contributed by atoms with Gasteiger partial charge < -0.3 is 10.4 Å². The number of halogens is 1. The molecule has 0 amide bonds. The van der Waals surface area contributed by atoms with Crippen LogP contribution in [0.4, 0.5) is 0 Å². The smallest absolute Gasteiger partial charge is 0.307 e. The maximum Gasteiger partial charge on any atom is 0.307 e. The molecule has 0 radical (unpaired) electrons. The van der Waals surface area contributed by atoms with Gasteiger partial charge in [-0.25, -0.2) is 0 Å². The first-order valence-electron chi connectivity index (χ1n) is 5.86. The van der Waals surface area contributed by atoms with Crippen molar-refractivity contribution in [2.45, 2.75) is 25.8 Å². The number of hydrogen-bond acceptors (Lipinski definition) is 2. The van der Waals surface area contributed by atoms with Crippen LogP contribution < -0.4 is 5.32 Å². The Hall–Kier alpha value is -0.870. The molecule has 0 bridgehead atoms. The van der Waals surface area contributed by atoms with Gasteiger partial charge in [0.1, 0.15) is 0 Å². The Morgan fingerprint density at radius 1 is 1.59 bits per heavy atom.